The molecule has 0 bridgehead atoms. The highest BCUT2D eigenvalue weighted by atomic mass is 35.5. The Kier molecular flexibility index (Phi) is 12.2. The van der Waals surface area contributed by atoms with Gasteiger partial charge < -0.3 is 34.6 Å². The van der Waals surface area contributed by atoms with Crippen molar-refractivity contribution in [3.63, 3.8) is 0 Å². The van der Waals surface area contributed by atoms with E-state index in [9.17, 15) is 0 Å². The molecular formula is C49H43Cl2F4N7O3. The van der Waals surface area contributed by atoms with Crippen LogP contribution in [-0.4, -0.2) is 41.6 Å². The molecule has 334 valence electrons. The number of rotatable bonds is 12. The molecule has 1 atom stereocenters. The van der Waals surface area contributed by atoms with Crippen molar-refractivity contribution in [2.45, 2.75) is 58.0 Å². The zero-order valence-electron chi connectivity index (χ0n) is 35.6. The van der Waals surface area contributed by atoms with Crippen LogP contribution in [0.4, 0.5) is 34.9 Å². The van der Waals surface area contributed by atoms with E-state index in [1.165, 1.54) is 19.2 Å². The minimum Gasteiger partial charge on any atom is -0.497 e. The maximum absolute atomic E-state index is 17.7. The lowest BCUT2D eigenvalue weighted by molar-refractivity contribution is -0.137. The number of benzene rings is 4. The van der Waals surface area contributed by atoms with Crippen molar-refractivity contribution < 1.29 is 31.8 Å². The highest BCUT2D eigenvalue weighted by molar-refractivity contribution is 6.37. The minimum atomic E-state index is -4.97. The molecule has 6 aromatic rings. The number of nitrogens with zero attached hydrogens (tertiary/aromatic N) is 5. The van der Waals surface area contributed by atoms with Crippen LogP contribution in [0.1, 0.15) is 63.4 Å². The number of hydrogen-bond donors (Lipinski definition) is 2. The summed E-state index contributed by atoms with van der Waals surface area (Å²) >= 11 is 14.0. The number of amidine groups is 1. The number of pyridine rings is 2. The first-order valence-electron chi connectivity index (χ1n) is 20.9. The van der Waals surface area contributed by atoms with Crippen molar-refractivity contribution in [1.29, 1.82) is 0 Å². The van der Waals surface area contributed by atoms with Crippen LogP contribution in [0.15, 0.2) is 114 Å². The van der Waals surface area contributed by atoms with Gasteiger partial charge in [0, 0.05) is 31.4 Å². The predicted octanol–water partition coefficient (Wildman–Crippen LogP) is 12.0. The molecule has 0 unspecified atom stereocenters. The molecule has 2 aromatic heterocycles. The molecule has 4 heterocycles. The largest absolute Gasteiger partial charge is 0.497 e. The molecule has 2 N–H and O–H groups in total. The monoisotopic (exact) mass is 923 g/mol. The van der Waals surface area contributed by atoms with E-state index < -0.39 is 34.6 Å². The van der Waals surface area contributed by atoms with Crippen LogP contribution >= 0.6 is 23.2 Å². The van der Waals surface area contributed by atoms with Crippen LogP contribution < -0.4 is 29.7 Å². The van der Waals surface area contributed by atoms with Crippen LogP contribution in [-0.2, 0) is 32.2 Å². The fourth-order valence-corrected chi connectivity index (χ4v) is 9.29. The van der Waals surface area contributed by atoms with Crippen molar-refractivity contribution in [3.8, 4) is 28.5 Å². The lowest BCUT2D eigenvalue weighted by Crippen LogP contribution is -2.36. The zero-order valence-corrected chi connectivity index (χ0v) is 37.1. The van der Waals surface area contributed by atoms with Gasteiger partial charge in [0.15, 0.2) is 11.6 Å². The molecule has 0 saturated heterocycles. The van der Waals surface area contributed by atoms with E-state index in [4.69, 9.17) is 47.4 Å². The van der Waals surface area contributed by atoms with Gasteiger partial charge in [0.05, 0.1) is 59.6 Å². The Morgan fingerprint density at radius 1 is 0.908 bits per heavy atom. The van der Waals surface area contributed by atoms with Gasteiger partial charge in [-0.05, 0) is 102 Å². The van der Waals surface area contributed by atoms with E-state index in [2.05, 4.69) is 15.6 Å². The number of alkyl halides is 3. The molecular weight excluding hydrogens is 881 g/mol. The summed E-state index contributed by atoms with van der Waals surface area (Å²) in [6, 6.07) is 27.5. The molecule has 0 amide bonds. The Hall–Kier alpha value is -6.51. The van der Waals surface area contributed by atoms with Crippen LogP contribution in [0, 0.1) is 12.7 Å². The number of anilines is 3. The zero-order chi connectivity index (χ0) is 45.4. The van der Waals surface area contributed by atoms with Gasteiger partial charge in [-0.3, -0.25) is 0 Å². The lowest BCUT2D eigenvalue weighted by Gasteiger charge is -2.37. The second-order valence-corrected chi connectivity index (χ2v) is 16.6. The fourth-order valence-electron chi connectivity index (χ4n) is 8.78. The van der Waals surface area contributed by atoms with Crippen molar-refractivity contribution in [3.05, 3.63) is 164 Å². The van der Waals surface area contributed by atoms with Gasteiger partial charge in [-0.15, -0.1) is 0 Å². The third kappa shape index (κ3) is 8.72. The Morgan fingerprint density at radius 3 is 2.23 bits per heavy atom. The molecule has 16 heteroatoms. The standard InChI is InChI=1S/C49H43Cl2F4N7O3/c1-28-22-37(61(24-30-12-16-33(63-2)17-13-30)25-31-14-18-34(64-3)19-15-31)60-44(41(28)49(53,54)55)39-42(51)45-40-46(43(39)52)65-36(50)26-62(48(40)59-27-58-45)35-11-7-10-32-20-21-56-47(38(32)35)57-23-29-8-5-4-6-9-29/h4-6,8-9,12-22,26,35,58H,7,10-11,23-25,27H2,1-3H3,(H,56,57)/t35-/m1/s1. The number of halogens is 6. The summed E-state index contributed by atoms with van der Waals surface area (Å²) in [5.74, 6) is 0.771. The molecule has 3 aliphatic rings. The molecule has 9 rings (SSSR count). The number of aryl methyl sites for hydroxylation is 2. The highest BCUT2D eigenvalue weighted by Gasteiger charge is 2.43. The lowest BCUT2D eigenvalue weighted by atomic mass is 9.86. The number of aliphatic imine (C=N–C) groups is 1. The Labute approximate surface area is 383 Å². The van der Waals surface area contributed by atoms with E-state index in [1.807, 2.05) is 70.5 Å². The van der Waals surface area contributed by atoms with Gasteiger partial charge in [0.2, 0.25) is 5.22 Å². The first kappa shape index (κ1) is 43.7. The van der Waals surface area contributed by atoms with E-state index in [-0.39, 0.29) is 64.5 Å². The number of nitrogens with one attached hydrogen (secondary N) is 2. The molecule has 0 fully saturated rings. The summed E-state index contributed by atoms with van der Waals surface area (Å²) in [7, 11) is 3.12. The molecule has 4 aromatic carbocycles. The summed E-state index contributed by atoms with van der Waals surface area (Å²) in [5, 5.41) is 6.07. The van der Waals surface area contributed by atoms with Gasteiger partial charge in [-0.1, -0.05) is 66.2 Å². The van der Waals surface area contributed by atoms with Crippen LogP contribution in [0.2, 0.25) is 5.02 Å². The van der Waals surface area contributed by atoms with Crippen LogP contribution in [0.3, 0.4) is 0 Å². The summed E-state index contributed by atoms with van der Waals surface area (Å²) in [4.78, 5) is 17.9. The fraction of sp³-hybridized carbons (Fsp3) is 0.245. The van der Waals surface area contributed by atoms with Crippen molar-refractivity contribution in [2.24, 2.45) is 4.99 Å². The Morgan fingerprint density at radius 2 is 1.58 bits per heavy atom. The maximum Gasteiger partial charge on any atom is 0.418 e. The van der Waals surface area contributed by atoms with Gasteiger partial charge in [0.25, 0.3) is 0 Å². The average Bonchev–Trinajstić information content (AvgIpc) is 3.46. The summed E-state index contributed by atoms with van der Waals surface area (Å²) in [6.45, 7) is 2.27. The van der Waals surface area contributed by atoms with Gasteiger partial charge in [0.1, 0.15) is 35.6 Å². The average molecular weight is 925 g/mol. The number of fused-ring (bicyclic) bond motifs is 1. The van der Waals surface area contributed by atoms with Gasteiger partial charge >= 0.3 is 6.18 Å². The number of hydrogen-bond acceptors (Lipinski definition) is 10. The van der Waals surface area contributed by atoms with Crippen LogP contribution in [0.5, 0.6) is 17.2 Å². The van der Waals surface area contributed by atoms with E-state index in [0.717, 1.165) is 40.7 Å². The first-order chi connectivity index (χ1) is 31.4. The molecule has 65 heavy (non-hydrogen) atoms. The second kappa shape index (κ2) is 18.2. The second-order valence-electron chi connectivity index (χ2n) is 15.9. The van der Waals surface area contributed by atoms with Gasteiger partial charge in [-0.2, -0.15) is 13.2 Å². The summed E-state index contributed by atoms with van der Waals surface area (Å²) in [6.07, 6.45) is 0.617. The minimum absolute atomic E-state index is 0.0314. The third-order valence-corrected chi connectivity index (χ3v) is 12.4. The van der Waals surface area contributed by atoms with E-state index in [0.29, 0.717) is 30.3 Å². The number of aromatic nitrogens is 2. The highest BCUT2D eigenvalue weighted by Crippen LogP contribution is 2.52. The van der Waals surface area contributed by atoms with Crippen molar-refractivity contribution in [2.75, 3.05) is 36.4 Å². The topological polar surface area (TPSA) is 96.4 Å². The number of methoxy groups -OCH3 is 2. The molecule has 1 aliphatic carbocycles. The van der Waals surface area contributed by atoms with Gasteiger partial charge in [-0.25, -0.2) is 19.4 Å². The van der Waals surface area contributed by atoms with Crippen molar-refractivity contribution in [1.82, 2.24) is 14.9 Å². The molecule has 10 nitrogen and oxygen atoms in total. The first-order valence-corrected chi connectivity index (χ1v) is 21.7. The Balaban J connectivity index is 1.16. The SMILES string of the molecule is COc1ccc(CN(Cc2ccc(OC)cc2)c2cc(C)c(C(F)(F)F)c(-c3c(F)c4c5c(c3Cl)NCN=C5N([C@@H]3CCCc5ccnc(NCc6ccccc6)c53)C=C(Cl)O4)n2)cc1. The quantitative estimate of drug-likeness (QED) is 0.116. The smallest absolute Gasteiger partial charge is 0.418 e. The molecule has 2 aliphatic heterocycles. The van der Waals surface area contributed by atoms with Crippen LogP contribution in [0.25, 0.3) is 11.3 Å². The van der Waals surface area contributed by atoms with Crippen molar-refractivity contribution >= 4 is 46.4 Å². The normalized spacial score (nSPS) is 15.3. The molecule has 0 spiro atoms. The third-order valence-electron chi connectivity index (χ3n) is 11.8. The van der Waals surface area contributed by atoms with E-state index in [1.54, 1.807) is 44.7 Å². The predicted molar refractivity (Wildman–Crippen MR) is 245 cm³/mol. The summed E-state index contributed by atoms with van der Waals surface area (Å²) < 4.78 is 80.6. The molecule has 0 radical (unpaired) electrons. The number of ether oxygens (including phenoxy) is 3. The maximum atomic E-state index is 17.7. The van der Waals surface area contributed by atoms with E-state index >= 15 is 17.6 Å². The molecule has 0 saturated carbocycles. The Bertz CT molecular complexity index is 2760. The summed E-state index contributed by atoms with van der Waals surface area (Å²) in [5.41, 5.74) is 2.32.